The molecule has 1 saturated heterocycles. The molecule has 1 atom stereocenters. The maximum absolute atomic E-state index is 9.34. The van der Waals surface area contributed by atoms with Crippen molar-refractivity contribution in [1.82, 2.24) is 0 Å². The van der Waals surface area contributed by atoms with Gasteiger partial charge in [0.1, 0.15) is 0 Å². The summed E-state index contributed by atoms with van der Waals surface area (Å²) in [6, 6.07) is 9.10. The normalized spacial score (nSPS) is 21.4. The van der Waals surface area contributed by atoms with Crippen LogP contribution in [0, 0.1) is 17.2 Å². The predicted molar refractivity (Wildman–Crippen MR) is 80.3 cm³/mol. The number of para-hydroxylation sites is 1. The first-order valence-electron chi connectivity index (χ1n) is 7.34. The Morgan fingerprint density at radius 2 is 1.84 bits per heavy atom. The van der Waals surface area contributed by atoms with Crippen LogP contribution in [0.2, 0.25) is 0 Å². The highest BCUT2D eigenvalue weighted by Gasteiger charge is 2.42. The molecular formula is C17H24N2. The van der Waals surface area contributed by atoms with E-state index in [9.17, 15) is 5.26 Å². The summed E-state index contributed by atoms with van der Waals surface area (Å²) in [5, 5.41) is 9.34. The van der Waals surface area contributed by atoms with Gasteiger partial charge in [0.25, 0.3) is 0 Å². The standard InChI is InChI=1S/C17H24N2/c1-5-13-8-7-9-14(6-2)16(13)19-11-10-15(12-18)17(19,3)4/h7-9,15H,5-6,10-11H2,1-4H3. The molecule has 0 radical (unpaired) electrons. The Bertz CT molecular complexity index is 474. The number of rotatable bonds is 3. The number of aryl methyl sites for hydroxylation is 2. The van der Waals surface area contributed by atoms with E-state index in [1.165, 1.54) is 16.8 Å². The van der Waals surface area contributed by atoms with E-state index in [0.29, 0.717) is 0 Å². The molecule has 2 rings (SSSR count). The number of hydrogen-bond donors (Lipinski definition) is 0. The zero-order valence-electron chi connectivity index (χ0n) is 12.5. The lowest BCUT2D eigenvalue weighted by Gasteiger charge is -2.38. The molecule has 1 fully saturated rings. The lowest BCUT2D eigenvalue weighted by molar-refractivity contribution is 0.438. The van der Waals surface area contributed by atoms with Gasteiger partial charge in [-0.3, -0.25) is 0 Å². The Kier molecular flexibility index (Phi) is 3.85. The number of anilines is 1. The topological polar surface area (TPSA) is 27.0 Å². The third-order valence-corrected chi connectivity index (χ3v) is 4.58. The van der Waals surface area contributed by atoms with E-state index in [-0.39, 0.29) is 11.5 Å². The van der Waals surface area contributed by atoms with Gasteiger partial charge in [-0.05, 0) is 44.2 Å². The van der Waals surface area contributed by atoms with E-state index in [1.54, 1.807) is 0 Å². The van der Waals surface area contributed by atoms with Gasteiger partial charge in [-0.25, -0.2) is 0 Å². The Morgan fingerprint density at radius 1 is 1.26 bits per heavy atom. The van der Waals surface area contributed by atoms with Gasteiger partial charge < -0.3 is 4.90 Å². The molecule has 2 heteroatoms. The van der Waals surface area contributed by atoms with Crippen LogP contribution in [0.3, 0.4) is 0 Å². The van der Waals surface area contributed by atoms with Gasteiger partial charge in [0, 0.05) is 12.2 Å². The lowest BCUT2D eigenvalue weighted by Crippen LogP contribution is -2.43. The van der Waals surface area contributed by atoms with Gasteiger partial charge in [0.15, 0.2) is 0 Å². The van der Waals surface area contributed by atoms with Crippen LogP contribution in [0.4, 0.5) is 5.69 Å². The smallest absolute Gasteiger partial charge is 0.0706 e. The van der Waals surface area contributed by atoms with Gasteiger partial charge in [-0.1, -0.05) is 32.0 Å². The average Bonchev–Trinajstić information content (AvgIpc) is 2.71. The Balaban J connectivity index is 2.51. The Labute approximate surface area is 117 Å². The second-order valence-corrected chi connectivity index (χ2v) is 5.91. The number of hydrogen-bond acceptors (Lipinski definition) is 2. The molecule has 102 valence electrons. The number of benzene rings is 1. The van der Waals surface area contributed by atoms with Crippen molar-refractivity contribution in [2.75, 3.05) is 11.4 Å². The highest BCUT2D eigenvalue weighted by Crippen LogP contribution is 2.41. The van der Waals surface area contributed by atoms with Crippen LogP contribution in [0.5, 0.6) is 0 Å². The summed E-state index contributed by atoms with van der Waals surface area (Å²) in [4.78, 5) is 2.47. The van der Waals surface area contributed by atoms with Crippen LogP contribution >= 0.6 is 0 Å². The predicted octanol–water partition coefficient (Wildman–Crippen LogP) is 3.94. The molecular weight excluding hydrogens is 232 g/mol. The molecule has 1 aliphatic heterocycles. The summed E-state index contributed by atoms with van der Waals surface area (Å²) in [7, 11) is 0. The van der Waals surface area contributed by atoms with Crippen LogP contribution in [-0.4, -0.2) is 12.1 Å². The number of nitriles is 1. The first kappa shape index (κ1) is 13.9. The monoisotopic (exact) mass is 256 g/mol. The third-order valence-electron chi connectivity index (χ3n) is 4.58. The van der Waals surface area contributed by atoms with E-state index >= 15 is 0 Å². The summed E-state index contributed by atoms with van der Waals surface area (Å²) >= 11 is 0. The first-order valence-corrected chi connectivity index (χ1v) is 7.34. The van der Waals surface area contributed by atoms with Crippen molar-refractivity contribution in [3.05, 3.63) is 29.3 Å². The van der Waals surface area contributed by atoms with E-state index in [0.717, 1.165) is 25.8 Å². The molecule has 0 bridgehead atoms. The minimum absolute atomic E-state index is 0.0655. The molecule has 19 heavy (non-hydrogen) atoms. The summed E-state index contributed by atoms with van der Waals surface area (Å²) in [5.74, 6) is 0.127. The van der Waals surface area contributed by atoms with Gasteiger partial charge in [-0.15, -0.1) is 0 Å². The molecule has 1 heterocycles. The van der Waals surface area contributed by atoms with Crippen molar-refractivity contribution in [2.24, 2.45) is 5.92 Å². The number of nitrogens with zero attached hydrogens (tertiary/aromatic N) is 2. The third kappa shape index (κ3) is 2.23. The van der Waals surface area contributed by atoms with Gasteiger partial charge in [0.2, 0.25) is 0 Å². The molecule has 1 unspecified atom stereocenters. The fourth-order valence-electron chi connectivity index (χ4n) is 3.27. The molecule has 1 aliphatic rings. The fraction of sp³-hybridized carbons (Fsp3) is 0.588. The summed E-state index contributed by atoms with van der Waals surface area (Å²) in [6.07, 6.45) is 3.07. The van der Waals surface area contributed by atoms with E-state index in [1.807, 2.05) is 0 Å². The Hall–Kier alpha value is -1.49. The molecule has 0 N–H and O–H groups in total. The molecule has 0 aromatic heterocycles. The van der Waals surface area contributed by atoms with Gasteiger partial charge >= 0.3 is 0 Å². The summed E-state index contributed by atoms with van der Waals surface area (Å²) in [5.41, 5.74) is 4.14. The lowest BCUT2D eigenvalue weighted by atomic mass is 9.88. The van der Waals surface area contributed by atoms with Crippen molar-refractivity contribution < 1.29 is 0 Å². The van der Waals surface area contributed by atoms with Crippen molar-refractivity contribution in [3.63, 3.8) is 0 Å². The van der Waals surface area contributed by atoms with Crippen molar-refractivity contribution in [3.8, 4) is 6.07 Å². The van der Waals surface area contributed by atoms with Crippen LogP contribution in [0.25, 0.3) is 0 Å². The molecule has 0 saturated carbocycles. The zero-order chi connectivity index (χ0) is 14.0. The summed E-state index contributed by atoms with van der Waals surface area (Å²) in [6.45, 7) is 9.83. The maximum Gasteiger partial charge on any atom is 0.0706 e. The Morgan fingerprint density at radius 3 is 2.26 bits per heavy atom. The van der Waals surface area contributed by atoms with Crippen LogP contribution in [0.1, 0.15) is 45.2 Å². The average molecular weight is 256 g/mol. The minimum Gasteiger partial charge on any atom is -0.365 e. The first-order chi connectivity index (χ1) is 9.06. The molecule has 1 aromatic rings. The minimum atomic E-state index is -0.0655. The second-order valence-electron chi connectivity index (χ2n) is 5.91. The highest BCUT2D eigenvalue weighted by atomic mass is 15.2. The molecule has 0 amide bonds. The van der Waals surface area contributed by atoms with E-state index in [4.69, 9.17) is 0 Å². The van der Waals surface area contributed by atoms with Gasteiger partial charge in [-0.2, -0.15) is 5.26 Å². The fourth-order valence-corrected chi connectivity index (χ4v) is 3.27. The van der Waals surface area contributed by atoms with Crippen LogP contribution < -0.4 is 4.90 Å². The van der Waals surface area contributed by atoms with Crippen molar-refractivity contribution in [2.45, 2.75) is 52.5 Å². The highest BCUT2D eigenvalue weighted by molar-refractivity contribution is 5.62. The molecule has 0 spiro atoms. The van der Waals surface area contributed by atoms with Crippen LogP contribution in [0.15, 0.2) is 18.2 Å². The van der Waals surface area contributed by atoms with E-state index in [2.05, 4.69) is 56.9 Å². The zero-order valence-corrected chi connectivity index (χ0v) is 12.5. The summed E-state index contributed by atoms with van der Waals surface area (Å²) < 4.78 is 0. The maximum atomic E-state index is 9.34. The molecule has 0 aliphatic carbocycles. The quantitative estimate of drug-likeness (QED) is 0.819. The van der Waals surface area contributed by atoms with Crippen molar-refractivity contribution in [1.29, 1.82) is 5.26 Å². The van der Waals surface area contributed by atoms with Gasteiger partial charge in [0.05, 0.1) is 17.5 Å². The van der Waals surface area contributed by atoms with Crippen LogP contribution in [-0.2, 0) is 12.8 Å². The van der Waals surface area contributed by atoms with Crippen molar-refractivity contribution >= 4 is 5.69 Å². The SMILES string of the molecule is CCc1cccc(CC)c1N1CCC(C#N)C1(C)C. The molecule has 1 aromatic carbocycles. The molecule has 2 nitrogen and oxygen atoms in total. The van der Waals surface area contributed by atoms with E-state index < -0.39 is 0 Å². The second kappa shape index (κ2) is 5.25. The largest absolute Gasteiger partial charge is 0.365 e.